The van der Waals surface area contributed by atoms with Crippen molar-refractivity contribution in [2.45, 2.75) is 18.9 Å². The minimum Gasteiger partial charge on any atom is -0.497 e. The van der Waals surface area contributed by atoms with E-state index in [1.807, 2.05) is 35.2 Å². The lowest BCUT2D eigenvalue weighted by Gasteiger charge is -2.36. The Morgan fingerprint density at radius 3 is 2.67 bits per heavy atom. The molecule has 33 heavy (non-hydrogen) atoms. The van der Waals surface area contributed by atoms with Gasteiger partial charge in [-0.2, -0.15) is 0 Å². The van der Waals surface area contributed by atoms with Crippen LogP contribution in [0.15, 0.2) is 48.5 Å². The molecule has 1 aliphatic heterocycles. The van der Waals surface area contributed by atoms with E-state index in [4.69, 9.17) is 14.2 Å². The largest absolute Gasteiger partial charge is 0.497 e. The van der Waals surface area contributed by atoms with Crippen LogP contribution in [0.3, 0.4) is 0 Å². The van der Waals surface area contributed by atoms with Crippen molar-refractivity contribution in [3.05, 3.63) is 54.1 Å². The van der Waals surface area contributed by atoms with Crippen molar-refractivity contribution in [2.24, 2.45) is 5.92 Å². The van der Waals surface area contributed by atoms with Crippen molar-refractivity contribution < 1.29 is 23.8 Å². The molecule has 0 radical (unpaired) electrons. The van der Waals surface area contributed by atoms with Crippen LogP contribution in [0.2, 0.25) is 0 Å². The van der Waals surface area contributed by atoms with Crippen LogP contribution in [-0.2, 0) is 4.74 Å². The van der Waals surface area contributed by atoms with Gasteiger partial charge >= 0.3 is 6.03 Å². The maximum absolute atomic E-state index is 13.4. The first-order chi connectivity index (χ1) is 16.1. The molecule has 8 heteroatoms. The number of anilines is 1. The number of urea groups is 1. The minimum absolute atomic E-state index is 0.0686. The second-order valence-corrected chi connectivity index (χ2v) is 8.45. The third-order valence-electron chi connectivity index (χ3n) is 5.97. The second kappa shape index (κ2) is 10.6. The highest BCUT2D eigenvalue weighted by Crippen LogP contribution is 2.31. The number of rotatable bonds is 8. The van der Waals surface area contributed by atoms with Gasteiger partial charge in [-0.3, -0.25) is 4.79 Å². The van der Waals surface area contributed by atoms with E-state index in [0.29, 0.717) is 61.5 Å². The van der Waals surface area contributed by atoms with Gasteiger partial charge in [-0.05, 0) is 43.0 Å². The maximum Gasteiger partial charge on any atom is 0.322 e. The van der Waals surface area contributed by atoms with Gasteiger partial charge in [0.15, 0.2) is 0 Å². The van der Waals surface area contributed by atoms with Gasteiger partial charge in [-0.1, -0.05) is 18.2 Å². The molecule has 0 spiro atoms. The van der Waals surface area contributed by atoms with E-state index in [-0.39, 0.29) is 18.0 Å². The Balaban J connectivity index is 1.41. The Kier molecular flexibility index (Phi) is 7.34. The minimum atomic E-state index is -0.257. The highest BCUT2D eigenvalue weighted by Gasteiger charge is 2.32. The van der Waals surface area contributed by atoms with Crippen molar-refractivity contribution in [3.8, 4) is 11.5 Å². The fourth-order valence-corrected chi connectivity index (χ4v) is 4.01. The first-order valence-corrected chi connectivity index (χ1v) is 11.3. The van der Waals surface area contributed by atoms with Crippen molar-refractivity contribution in [1.29, 1.82) is 0 Å². The van der Waals surface area contributed by atoms with Gasteiger partial charge in [0.1, 0.15) is 11.5 Å². The molecule has 8 nitrogen and oxygen atoms in total. The zero-order valence-corrected chi connectivity index (χ0v) is 19.2. The molecule has 2 aromatic rings. The van der Waals surface area contributed by atoms with Crippen molar-refractivity contribution in [3.63, 3.8) is 0 Å². The van der Waals surface area contributed by atoms with Crippen LogP contribution >= 0.6 is 0 Å². The van der Waals surface area contributed by atoms with Gasteiger partial charge in [0.05, 0.1) is 39.0 Å². The number of methoxy groups -OCH3 is 2. The van der Waals surface area contributed by atoms with Crippen LogP contribution in [0.1, 0.15) is 23.2 Å². The predicted octanol–water partition coefficient (Wildman–Crippen LogP) is 3.49. The first-order valence-electron chi connectivity index (χ1n) is 11.3. The number of nitrogens with one attached hydrogen (secondary N) is 1. The van der Waals surface area contributed by atoms with E-state index in [1.165, 1.54) is 0 Å². The number of hydrogen-bond acceptors (Lipinski definition) is 5. The molecule has 1 heterocycles. The Morgan fingerprint density at radius 1 is 1.09 bits per heavy atom. The van der Waals surface area contributed by atoms with Gasteiger partial charge in [0.25, 0.3) is 5.91 Å². The molecule has 4 rings (SSSR count). The average molecular weight is 454 g/mol. The number of morpholine rings is 1. The molecule has 1 saturated heterocycles. The van der Waals surface area contributed by atoms with Gasteiger partial charge in [0.2, 0.25) is 0 Å². The third kappa shape index (κ3) is 5.96. The van der Waals surface area contributed by atoms with Crippen molar-refractivity contribution in [1.82, 2.24) is 9.80 Å². The fraction of sp³-hybridized carbons (Fsp3) is 0.440. The van der Waals surface area contributed by atoms with Crippen LogP contribution in [0.25, 0.3) is 0 Å². The molecule has 1 aliphatic carbocycles. The Hall–Kier alpha value is -3.26. The summed E-state index contributed by atoms with van der Waals surface area (Å²) in [6, 6.07) is 14.3. The van der Waals surface area contributed by atoms with Crippen LogP contribution in [0.4, 0.5) is 10.5 Å². The number of amides is 3. The molecule has 1 N–H and O–H groups in total. The van der Waals surface area contributed by atoms with Gasteiger partial charge in [0, 0.05) is 31.4 Å². The van der Waals surface area contributed by atoms with E-state index in [1.54, 1.807) is 37.3 Å². The SMILES string of the molecule is COc1cccc(NC(=O)N2CCOC(CN(CC3CC3)C(=O)c3ccccc3OC)C2)c1. The highest BCUT2D eigenvalue weighted by atomic mass is 16.5. The van der Waals surface area contributed by atoms with Gasteiger partial charge in [-0.25, -0.2) is 4.79 Å². The lowest BCUT2D eigenvalue weighted by molar-refractivity contribution is -0.0266. The summed E-state index contributed by atoms with van der Waals surface area (Å²) in [5, 5.41) is 2.92. The fourth-order valence-electron chi connectivity index (χ4n) is 4.01. The Labute approximate surface area is 194 Å². The lowest BCUT2D eigenvalue weighted by atomic mass is 10.1. The zero-order chi connectivity index (χ0) is 23.2. The molecular weight excluding hydrogens is 422 g/mol. The molecule has 1 atom stereocenters. The number of nitrogens with zero attached hydrogens (tertiary/aromatic N) is 2. The second-order valence-electron chi connectivity index (χ2n) is 8.45. The van der Waals surface area contributed by atoms with Crippen LogP contribution in [0, 0.1) is 5.92 Å². The summed E-state index contributed by atoms with van der Waals surface area (Å²) in [5.74, 6) is 1.70. The third-order valence-corrected chi connectivity index (χ3v) is 5.97. The summed E-state index contributed by atoms with van der Waals surface area (Å²) in [5.41, 5.74) is 1.22. The predicted molar refractivity (Wildman–Crippen MR) is 125 cm³/mol. The van der Waals surface area contributed by atoms with Crippen LogP contribution < -0.4 is 14.8 Å². The van der Waals surface area contributed by atoms with E-state index >= 15 is 0 Å². The number of benzene rings is 2. The van der Waals surface area contributed by atoms with Crippen molar-refractivity contribution in [2.75, 3.05) is 52.3 Å². The average Bonchev–Trinajstić information content (AvgIpc) is 3.67. The number of carbonyl (C=O) groups excluding carboxylic acids is 2. The summed E-state index contributed by atoms with van der Waals surface area (Å²) in [6.45, 7) is 2.45. The summed E-state index contributed by atoms with van der Waals surface area (Å²) >= 11 is 0. The number of hydrogen-bond donors (Lipinski definition) is 1. The van der Waals surface area contributed by atoms with E-state index < -0.39 is 0 Å². The van der Waals surface area contributed by atoms with Gasteiger partial charge in [-0.15, -0.1) is 0 Å². The zero-order valence-electron chi connectivity index (χ0n) is 19.2. The number of ether oxygens (including phenoxy) is 3. The highest BCUT2D eigenvalue weighted by molar-refractivity contribution is 5.97. The van der Waals surface area contributed by atoms with Crippen molar-refractivity contribution >= 4 is 17.6 Å². The monoisotopic (exact) mass is 453 g/mol. The molecule has 1 unspecified atom stereocenters. The summed E-state index contributed by atoms with van der Waals surface area (Å²) < 4.78 is 16.6. The Morgan fingerprint density at radius 2 is 1.91 bits per heavy atom. The summed E-state index contributed by atoms with van der Waals surface area (Å²) in [4.78, 5) is 29.8. The molecule has 2 aromatic carbocycles. The van der Waals surface area contributed by atoms with E-state index in [9.17, 15) is 9.59 Å². The topological polar surface area (TPSA) is 80.3 Å². The molecular formula is C25H31N3O5. The first kappa shape index (κ1) is 22.9. The smallest absolute Gasteiger partial charge is 0.322 e. The van der Waals surface area contributed by atoms with Crippen LogP contribution in [0.5, 0.6) is 11.5 Å². The van der Waals surface area contributed by atoms with Gasteiger partial charge < -0.3 is 29.3 Å². The molecule has 2 fully saturated rings. The van der Waals surface area contributed by atoms with E-state index in [0.717, 1.165) is 12.8 Å². The number of para-hydroxylation sites is 1. The maximum atomic E-state index is 13.4. The molecule has 0 bridgehead atoms. The molecule has 176 valence electrons. The quantitative estimate of drug-likeness (QED) is 0.662. The Bertz CT molecular complexity index is 978. The van der Waals surface area contributed by atoms with E-state index in [2.05, 4.69) is 5.32 Å². The molecule has 1 saturated carbocycles. The summed E-state index contributed by atoms with van der Waals surface area (Å²) in [6.07, 6.45) is 2.01. The normalized spacial score (nSPS) is 17.9. The standard InChI is InChI=1S/C25H31N3O5/c1-31-20-7-5-6-19(14-20)26-25(30)27-12-13-33-21(16-27)17-28(15-18-10-11-18)24(29)22-8-3-4-9-23(22)32-2/h3-9,14,18,21H,10-13,15-17H2,1-2H3,(H,26,30). The van der Waals surface area contributed by atoms with Crippen LogP contribution in [-0.4, -0.2) is 74.8 Å². The molecule has 0 aromatic heterocycles. The lowest BCUT2D eigenvalue weighted by Crippen LogP contribution is -2.51. The molecule has 3 amide bonds. The molecule has 2 aliphatic rings. The summed E-state index contributed by atoms with van der Waals surface area (Å²) in [7, 11) is 3.16. The number of carbonyl (C=O) groups is 2.